The molecule has 0 atom stereocenters. The molecule has 0 fully saturated rings. The van der Waals surface area contributed by atoms with Crippen LogP contribution in [0, 0.1) is 5.82 Å². The van der Waals surface area contributed by atoms with Crippen molar-refractivity contribution in [3.05, 3.63) is 30.3 Å². The van der Waals surface area contributed by atoms with Gasteiger partial charge in [0.25, 0.3) is 0 Å². The van der Waals surface area contributed by atoms with Gasteiger partial charge in [-0.3, -0.25) is 0 Å². The van der Waals surface area contributed by atoms with Crippen LogP contribution < -0.4 is 4.74 Å². The maximum absolute atomic E-state index is 14.0. The quantitative estimate of drug-likeness (QED) is 0.922. The number of aromatic nitrogens is 2. The Balaban J connectivity index is 2.34. The fourth-order valence-electron chi connectivity index (χ4n) is 1.80. The number of rotatable bonds is 2. The van der Waals surface area contributed by atoms with E-state index in [0.717, 1.165) is 10.7 Å². The maximum atomic E-state index is 14.0. The fraction of sp³-hybridized carbons (Fsp3) is 0.333. The lowest BCUT2D eigenvalue weighted by Crippen LogP contribution is -2.27. The van der Waals surface area contributed by atoms with E-state index < -0.39 is 17.5 Å². The first-order valence-corrected chi connectivity index (χ1v) is 6.56. The van der Waals surface area contributed by atoms with Crippen molar-refractivity contribution in [2.75, 3.05) is 7.11 Å². The Kier molecular flexibility index (Phi) is 4.07. The summed E-state index contributed by atoms with van der Waals surface area (Å²) < 4.78 is 25.1. The van der Waals surface area contributed by atoms with E-state index in [-0.39, 0.29) is 17.1 Å². The summed E-state index contributed by atoms with van der Waals surface area (Å²) in [5.41, 5.74) is -0.137. The molecule has 1 N–H and O–H groups in total. The first-order valence-electron chi connectivity index (χ1n) is 6.56. The Morgan fingerprint density at radius 1 is 1.36 bits per heavy atom. The van der Waals surface area contributed by atoms with Gasteiger partial charge in [-0.2, -0.15) is 9.78 Å². The normalized spacial score (nSPS) is 11.3. The van der Waals surface area contributed by atoms with E-state index in [1.807, 2.05) is 0 Å². The Labute approximate surface area is 127 Å². The molecule has 1 aromatic carbocycles. The molecule has 0 aliphatic carbocycles. The van der Waals surface area contributed by atoms with Gasteiger partial charge in [-0.1, -0.05) is 0 Å². The molecule has 0 spiro atoms. The predicted molar refractivity (Wildman–Crippen MR) is 77.5 cm³/mol. The van der Waals surface area contributed by atoms with Crippen LogP contribution in [0.25, 0.3) is 11.1 Å². The van der Waals surface area contributed by atoms with Crippen LogP contribution >= 0.6 is 0 Å². The van der Waals surface area contributed by atoms with Crippen molar-refractivity contribution < 1.29 is 23.8 Å². The van der Waals surface area contributed by atoms with Crippen molar-refractivity contribution in [2.24, 2.45) is 0 Å². The number of carbonyl (C=O) groups excluding carboxylic acids is 1. The van der Waals surface area contributed by atoms with Gasteiger partial charge in [0.2, 0.25) is 0 Å². The van der Waals surface area contributed by atoms with Gasteiger partial charge in [0.15, 0.2) is 11.5 Å². The molecule has 0 aliphatic heterocycles. The fourth-order valence-corrected chi connectivity index (χ4v) is 1.80. The van der Waals surface area contributed by atoms with Gasteiger partial charge in [0.05, 0.1) is 13.3 Å². The van der Waals surface area contributed by atoms with Crippen molar-refractivity contribution in [2.45, 2.75) is 26.4 Å². The number of aromatic hydroxyl groups is 1. The molecule has 0 saturated heterocycles. The van der Waals surface area contributed by atoms with E-state index in [1.54, 1.807) is 20.8 Å². The zero-order valence-corrected chi connectivity index (χ0v) is 12.8. The van der Waals surface area contributed by atoms with E-state index >= 15 is 0 Å². The molecule has 0 bridgehead atoms. The molecule has 118 valence electrons. The van der Waals surface area contributed by atoms with Crippen molar-refractivity contribution in [1.29, 1.82) is 0 Å². The van der Waals surface area contributed by atoms with Gasteiger partial charge in [0.1, 0.15) is 11.4 Å². The van der Waals surface area contributed by atoms with Crippen molar-refractivity contribution >= 4 is 6.09 Å². The number of hydrogen-bond acceptors (Lipinski definition) is 5. The monoisotopic (exact) mass is 308 g/mol. The smallest absolute Gasteiger partial charge is 0.435 e. The summed E-state index contributed by atoms with van der Waals surface area (Å²) >= 11 is 0. The lowest BCUT2D eigenvalue weighted by Gasteiger charge is -2.18. The van der Waals surface area contributed by atoms with Crippen LogP contribution in [0.2, 0.25) is 0 Å². The van der Waals surface area contributed by atoms with Gasteiger partial charge in [-0.05, 0) is 26.8 Å². The minimum absolute atomic E-state index is 0.126. The Bertz CT molecular complexity index is 704. The molecule has 2 aromatic rings. The summed E-state index contributed by atoms with van der Waals surface area (Å²) in [6.45, 7) is 5.21. The molecule has 6 nitrogen and oxygen atoms in total. The van der Waals surface area contributed by atoms with Crippen LogP contribution in [0.3, 0.4) is 0 Å². The molecule has 0 radical (unpaired) electrons. The van der Waals surface area contributed by atoms with E-state index in [2.05, 4.69) is 5.10 Å². The number of benzene rings is 1. The van der Waals surface area contributed by atoms with Gasteiger partial charge < -0.3 is 14.6 Å². The summed E-state index contributed by atoms with van der Waals surface area (Å²) in [5, 5.41) is 13.4. The minimum atomic E-state index is -0.662. The number of phenolic OH excluding ortho intramolecular Hbond substituents is 1. The lowest BCUT2D eigenvalue weighted by atomic mass is 10.1. The third-order valence-electron chi connectivity index (χ3n) is 2.74. The summed E-state index contributed by atoms with van der Waals surface area (Å²) in [6, 6.07) is 2.28. The third-order valence-corrected chi connectivity index (χ3v) is 2.74. The number of phenols is 1. The number of methoxy groups -OCH3 is 1. The SMILES string of the molecule is COc1cc(-c2cnn(C(=O)OC(C)(C)C)c2)c(F)cc1O. The maximum Gasteiger partial charge on any atom is 0.435 e. The summed E-state index contributed by atoms with van der Waals surface area (Å²) in [6.07, 6.45) is 2.02. The van der Waals surface area contributed by atoms with Crippen LogP contribution in [0.4, 0.5) is 9.18 Å². The van der Waals surface area contributed by atoms with E-state index in [9.17, 15) is 14.3 Å². The summed E-state index contributed by atoms with van der Waals surface area (Å²) in [4.78, 5) is 11.9. The zero-order chi connectivity index (χ0) is 16.5. The second-order valence-electron chi connectivity index (χ2n) is 5.66. The molecular weight excluding hydrogens is 291 g/mol. The Hall–Kier alpha value is -2.57. The van der Waals surface area contributed by atoms with Crippen LogP contribution in [0.1, 0.15) is 20.8 Å². The van der Waals surface area contributed by atoms with Gasteiger partial charge in [-0.15, -0.1) is 0 Å². The van der Waals surface area contributed by atoms with Crippen LogP contribution in [0.5, 0.6) is 11.5 Å². The number of carbonyl (C=O) groups is 1. The van der Waals surface area contributed by atoms with Gasteiger partial charge >= 0.3 is 6.09 Å². The van der Waals surface area contributed by atoms with Gasteiger partial charge in [-0.25, -0.2) is 9.18 Å². The lowest BCUT2D eigenvalue weighted by molar-refractivity contribution is 0.0514. The number of nitrogens with zero attached hydrogens (tertiary/aromatic N) is 2. The number of halogens is 1. The molecule has 0 unspecified atom stereocenters. The molecule has 1 heterocycles. The third kappa shape index (κ3) is 3.36. The molecular formula is C15H17FN2O4. The highest BCUT2D eigenvalue weighted by molar-refractivity contribution is 5.73. The Morgan fingerprint density at radius 3 is 2.64 bits per heavy atom. The number of ether oxygens (including phenoxy) is 2. The zero-order valence-electron chi connectivity index (χ0n) is 12.8. The summed E-state index contributed by atoms with van der Waals surface area (Å²) in [7, 11) is 1.36. The minimum Gasteiger partial charge on any atom is -0.504 e. The van der Waals surface area contributed by atoms with Crippen LogP contribution in [-0.4, -0.2) is 33.7 Å². The Morgan fingerprint density at radius 2 is 2.05 bits per heavy atom. The molecule has 0 aliphatic rings. The molecule has 1 aromatic heterocycles. The van der Waals surface area contributed by atoms with E-state index in [0.29, 0.717) is 5.56 Å². The van der Waals surface area contributed by atoms with Crippen LogP contribution in [0.15, 0.2) is 24.5 Å². The van der Waals surface area contributed by atoms with Crippen molar-refractivity contribution in [3.63, 3.8) is 0 Å². The van der Waals surface area contributed by atoms with Crippen LogP contribution in [-0.2, 0) is 4.74 Å². The van der Waals surface area contributed by atoms with Crippen molar-refractivity contribution in [1.82, 2.24) is 9.78 Å². The first kappa shape index (κ1) is 15.8. The molecule has 7 heteroatoms. The first-order chi connectivity index (χ1) is 10.2. The van der Waals surface area contributed by atoms with Crippen molar-refractivity contribution in [3.8, 4) is 22.6 Å². The topological polar surface area (TPSA) is 73.6 Å². The second-order valence-corrected chi connectivity index (χ2v) is 5.66. The standard InChI is InChI=1S/C15H17FN2O4/c1-15(2,3)22-14(20)18-8-9(7-17-18)10-5-13(21-4)12(19)6-11(10)16/h5-8,19H,1-4H3. The molecule has 0 saturated carbocycles. The largest absolute Gasteiger partial charge is 0.504 e. The average Bonchev–Trinajstić information content (AvgIpc) is 2.86. The van der Waals surface area contributed by atoms with Gasteiger partial charge in [0, 0.05) is 23.4 Å². The van der Waals surface area contributed by atoms with E-state index in [4.69, 9.17) is 9.47 Å². The molecule has 2 rings (SSSR count). The molecule has 22 heavy (non-hydrogen) atoms. The predicted octanol–water partition coefficient (Wildman–Crippen LogP) is 3.19. The van der Waals surface area contributed by atoms with E-state index in [1.165, 1.54) is 25.6 Å². The summed E-state index contributed by atoms with van der Waals surface area (Å²) in [5.74, 6) is -0.827. The number of hydrogen-bond donors (Lipinski definition) is 1. The highest BCUT2D eigenvalue weighted by Crippen LogP contribution is 2.33. The second kappa shape index (κ2) is 5.67. The average molecular weight is 308 g/mol. The highest BCUT2D eigenvalue weighted by atomic mass is 19.1. The molecule has 0 amide bonds. The highest BCUT2D eigenvalue weighted by Gasteiger charge is 2.20.